The van der Waals surface area contributed by atoms with Crippen molar-refractivity contribution in [2.45, 2.75) is 6.54 Å². The number of benzene rings is 2. The zero-order valence-corrected chi connectivity index (χ0v) is 12.3. The highest BCUT2D eigenvalue weighted by Gasteiger charge is 2.06. The normalized spacial score (nSPS) is 10.5. The maximum Gasteiger partial charge on any atom is 0.119 e. The minimum absolute atomic E-state index is 0.575. The van der Waals surface area contributed by atoms with E-state index in [-0.39, 0.29) is 0 Å². The molecular formula is C17H13ClN2O. The number of methoxy groups -OCH3 is 1. The molecule has 0 aliphatic rings. The predicted molar refractivity (Wildman–Crippen MR) is 83.8 cm³/mol. The van der Waals surface area contributed by atoms with Gasteiger partial charge in [0.2, 0.25) is 0 Å². The van der Waals surface area contributed by atoms with Crippen molar-refractivity contribution in [1.82, 2.24) is 4.57 Å². The molecule has 21 heavy (non-hydrogen) atoms. The number of rotatable bonds is 3. The number of hydrogen-bond donors (Lipinski definition) is 0. The Morgan fingerprint density at radius 3 is 2.76 bits per heavy atom. The first-order valence-electron chi connectivity index (χ1n) is 6.52. The topological polar surface area (TPSA) is 38.0 Å². The lowest BCUT2D eigenvalue weighted by Crippen LogP contribution is -1.99. The minimum atomic E-state index is 0.575. The summed E-state index contributed by atoms with van der Waals surface area (Å²) in [4.78, 5) is 0. The largest absolute Gasteiger partial charge is 0.497 e. The molecule has 3 rings (SSSR count). The van der Waals surface area contributed by atoms with Crippen LogP contribution in [0.4, 0.5) is 0 Å². The summed E-state index contributed by atoms with van der Waals surface area (Å²) >= 11 is 6.24. The third-order valence-corrected chi connectivity index (χ3v) is 3.85. The molecule has 0 saturated heterocycles. The Morgan fingerprint density at radius 1 is 1.19 bits per heavy atom. The second-order valence-corrected chi connectivity index (χ2v) is 5.19. The Labute approximate surface area is 127 Å². The molecule has 0 bridgehead atoms. The van der Waals surface area contributed by atoms with Crippen LogP contribution in [0.15, 0.2) is 48.7 Å². The van der Waals surface area contributed by atoms with E-state index < -0.39 is 0 Å². The summed E-state index contributed by atoms with van der Waals surface area (Å²) in [5.41, 5.74) is 2.69. The van der Waals surface area contributed by atoms with Gasteiger partial charge in [-0.05, 0) is 42.0 Å². The van der Waals surface area contributed by atoms with Gasteiger partial charge in [-0.15, -0.1) is 0 Å². The van der Waals surface area contributed by atoms with Gasteiger partial charge in [0, 0.05) is 28.7 Å². The smallest absolute Gasteiger partial charge is 0.119 e. The van der Waals surface area contributed by atoms with Crippen LogP contribution in [0.2, 0.25) is 5.02 Å². The van der Waals surface area contributed by atoms with Gasteiger partial charge in [0.05, 0.1) is 18.7 Å². The fraction of sp³-hybridized carbons (Fsp3) is 0.118. The van der Waals surface area contributed by atoms with Crippen LogP contribution < -0.4 is 4.74 Å². The van der Waals surface area contributed by atoms with Gasteiger partial charge in [0.1, 0.15) is 5.75 Å². The first-order chi connectivity index (χ1) is 10.2. The third-order valence-electron chi connectivity index (χ3n) is 3.50. The molecule has 0 spiro atoms. The number of nitrogens with zero attached hydrogens (tertiary/aromatic N) is 2. The fourth-order valence-corrected chi connectivity index (χ4v) is 2.61. The van der Waals surface area contributed by atoms with Crippen molar-refractivity contribution in [2.75, 3.05) is 7.11 Å². The maximum atomic E-state index is 8.87. The van der Waals surface area contributed by atoms with Crippen LogP contribution in [0.5, 0.6) is 5.75 Å². The Morgan fingerprint density at radius 2 is 2.05 bits per heavy atom. The number of halogens is 1. The van der Waals surface area contributed by atoms with E-state index in [1.165, 1.54) is 0 Å². The van der Waals surface area contributed by atoms with E-state index in [1.54, 1.807) is 19.2 Å². The lowest BCUT2D eigenvalue weighted by atomic mass is 10.1. The van der Waals surface area contributed by atoms with Crippen LogP contribution in [0.1, 0.15) is 11.1 Å². The highest BCUT2D eigenvalue weighted by atomic mass is 35.5. The molecule has 0 fully saturated rings. The van der Waals surface area contributed by atoms with Gasteiger partial charge in [-0.25, -0.2) is 0 Å². The van der Waals surface area contributed by atoms with Crippen molar-refractivity contribution in [2.24, 2.45) is 0 Å². The molecule has 0 aliphatic heterocycles. The van der Waals surface area contributed by atoms with Gasteiger partial charge in [-0.1, -0.05) is 17.7 Å². The quantitative estimate of drug-likeness (QED) is 0.725. The van der Waals surface area contributed by atoms with Gasteiger partial charge in [0.15, 0.2) is 0 Å². The SMILES string of the molecule is COc1ccc2c(ccn2Cc2ccc(C#N)cc2Cl)c1. The summed E-state index contributed by atoms with van der Waals surface area (Å²) in [5.74, 6) is 0.844. The molecule has 0 saturated carbocycles. The summed E-state index contributed by atoms with van der Waals surface area (Å²) < 4.78 is 7.36. The molecule has 0 radical (unpaired) electrons. The van der Waals surface area contributed by atoms with Gasteiger partial charge in [0.25, 0.3) is 0 Å². The number of nitriles is 1. The molecular weight excluding hydrogens is 284 g/mol. The molecule has 0 aliphatic carbocycles. The molecule has 4 heteroatoms. The summed E-state index contributed by atoms with van der Waals surface area (Å²) in [6.07, 6.45) is 2.03. The molecule has 3 aromatic rings. The Bertz CT molecular complexity index is 846. The predicted octanol–water partition coefficient (Wildman–Crippen LogP) is 4.22. The monoisotopic (exact) mass is 296 g/mol. The second kappa shape index (κ2) is 5.51. The van der Waals surface area contributed by atoms with Crippen LogP contribution in [0, 0.1) is 11.3 Å². The molecule has 0 atom stereocenters. The number of hydrogen-bond acceptors (Lipinski definition) is 2. The minimum Gasteiger partial charge on any atom is -0.497 e. The third kappa shape index (κ3) is 2.58. The van der Waals surface area contributed by atoms with Gasteiger partial charge in [-0.2, -0.15) is 5.26 Å². The van der Waals surface area contributed by atoms with E-state index in [1.807, 2.05) is 30.5 Å². The number of aromatic nitrogens is 1. The zero-order valence-electron chi connectivity index (χ0n) is 11.5. The molecule has 104 valence electrons. The Hall–Kier alpha value is -2.44. The van der Waals surface area contributed by atoms with E-state index in [4.69, 9.17) is 21.6 Å². The van der Waals surface area contributed by atoms with E-state index >= 15 is 0 Å². The summed E-state index contributed by atoms with van der Waals surface area (Å²) in [7, 11) is 1.66. The second-order valence-electron chi connectivity index (χ2n) is 4.79. The maximum absolute atomic E-state index is 8.87. The van der Waals surface area contributed by atoms with Crippen LogP contribution in [-0.2, 0) is 6.54 Å². The Balaban J connectivity index is 1.97. The average Bonchev–Trinajstić information content (AvgIpc) is 2.91. The van der Waals surface area contributed by atoms with Crippen LogP contribution in [-0.4, -0.2) is 11.7 Å². The van der Waals surface area contributed by atoms with Gasteiger partial charge in [-0.3, -0.25) is 0 Å². The molecule has 3 nitrogen and oxygen atoms in total. The Kier molecular flexibility index (Phi) is 3.55. The van der Waals surface area contributed by atoms with E-state index in [0.29, 0.717) is 17.1 Å². The molecule has 0 amide bonds. The molecule has 2 aromatic carbocycles. The average molecular weight is 297 g/mol. The van der Waals surface area contributed by atoms with Gasteiger partial charge >= 0.3 is 0 Å². The fourth-order valence-electron chi connectivity index (χ4n) is 2.37. The van der Waals surface area contributed by atoms with Crippen LogP contribution in [0.25, 0.3) is 10.9 Å². The van der Waals surface area contributed by atoms with Crippen molar-refractivity contribution in [1.29, 1.82) is 5.26 Å². The molecule has 0 N–H and O–H groups in total. The molecule has 1 heterocycles. The van der Waals surface area contributed by atoms with Crippen molar-refractivity contribution < 1.29 is 4.74 Å². The molecule has 1 aromatic heterocycles. The van der Waals surface area contributed by atoms with E-state index in [2.05, 4.69) is 16.7 Å². The summed E-state index contributed by atoms with van der Waals surface area (Å²) in [6.45, 7) is 0.667. The van der Waals surface area contributed by atoms with Crippen molar-refractivity contribution in [3.05, 3.63) is 64.8 Å². The number of ether oxygens (including phenoxy) is 1. The zero-order chi connectivity index (χ0) is 14.8. The van der Waals surface area contributed by atoms with E-state index in [0.717, 1.165) is 22.2 Å². The first kappa shape index (κ1) is 13.5. The van der Waals surface area contributed by atoms with Crippen LogP contribution >= 0.6 is 11.6 Å². The van der Waals surface area contributed by atoms with E-state index in [9.17, 15) is 0 Å². The summed E-state index contributed by atoms with van der Waals surface area (Å²) in [6, 6.07) is 15.5. The lowest BCUT2D eigenvalue weighted by Gasteiger charge is -2.08. The molecule has 0 unspecified atom stereocenters. The highest BCUT2D eigenvalue weighted by Crippen LogP contribution is 2.24. The standard InChI is InChI=1S/C17H13ClN2O/c1-21-15-4-5-17-13(9-15)6-7-20(17)11-14-3-2-12(10-19)8-16(14)18/h2-9H,11H2,1H3. The number of fused-ring (bicyclic) bond motifs is 1. The summed E-state index contributed by atoms with van der Waals surface area (Å²) in [5, 5.41) is 10.6. The van der Waals surface area contributed by atoms with Crippen LogP contribution in [0.3, 0.4) is 0 Å². The van der Waals surface area contributed by atoms with Crippen molar-refractivity contribution in [3.8, 4) is 11.8 Å². The lowest BCUT2D eigenvalue weighted by molar-refractivity contribution is 0.415. The van der Waals surface area contributed by atoms with Gasteiger partial charge < -0.3 is 9.30 Å². The first-order valence-corrected chi connectivity index (χ1v) is 6.90. The van der Waals surface area contributed by atoms with Crippen molar-refractivity contribution >= 4 is 22.5 Å². The highest BCUT2D eigenvalue weighted by molar-refractivity contribution is 6.31. The van der Waals surface area contributed by atoms with Crippen molar-refractivity contribution in [3.63, 3.8) is 0 Å².